The van der Waals surface area contributed by atoms with Gasteiger partial charge in [0.05, 0.1) is 0 Å². The largest absolute Gasteiger partial charge is 0.352 e. The Balaban J connectivity index is 2.20. The Morgan fingerprint density at radius 2 is 2.43 bits per heavy atom. The third kappa shape index (κ3) is 1.50. The van der Waals surface area contributed by atoms with Crippen molar-refractivity contribution in [2.24, 2.45) is 11.8 Å². The summed E-state index contributed by atoms with van der Waals surface area (Å²) in [5.41, 5.74) is 0.839. The molecule has 0 aromatic carbocycles. The number of aldehydes is 1. The molecule has 1 fully saturated rings. The summed E-state index contributed by atoms with van der Waals surface area (Å²) in [5, 5.41) is 2.82. The molecule has 74 valence electrons. The van der Waals surface area contributed by atoms with E-state index < -0.39 is 0 Å². The topological polar surface area (TPSA) is 46.2 Å². The van der Waals surface area contributed by atoms with E-state index in [0.717, 1.165) is 18.3 Å². The van der Waals surface area contributed by atoms with Crippen LogP contribution < -0.4 is 5.32 Å². The number of fused-ring (bicyclic) bond motifs is 1. The summed E-state index contributed by atoms with van der Waals surface area (Å²) < 4.78 is 0. The second-order valence-corrected chi connectivity index (χ2v) is 3.76. The molecular weight excluding hydrogens is 178 g/mol. The molecule has 0 aromatic heterocycles. The van der Waals surface area contributed by atoms with E-state index in [4.69, 9.17) is 0 Å². The summed E-state index contributed by atoms with van der Waals surface area (Å²) >= 11 is 0. The van der Waals surface area contributed by atoms with Crippen molar-refractivity contribution in [2.75, 3.05) is 6.54 Å². The number of piperidine rings is 1. The lowest BCUT2D eigenvalue weighted by Gasteiger charge is -2.33. The zero-order valence-corrected chi connectivity index (χ0v) is 7.90. The second-order valence-electron chi connectivity index (χ2n) is 3.76. The lowest BCUT2D eigenvalue weighted by Crippen LogP contribution is -2.43. The molecule has 1 N–H and O–H groups in total. The van der Waals surface area contributed by atoms with Crippen LogP contribution in [0.2, 0.25) is 0 Å². The quantitative estimate of drug-likeness (QED) is 0.657. The van der Waals surface area contributed by atoms with Gasteiger partial charge in [0.1, 0.15) is 6.29 Å². The van der Waals surface area contributed by atoms with Crippen molar-refractivity contribution in [3.05, 3.63) is 23.8 Å². The SMILES string of the molecule is O=CCC1CNC(=O)C2=CC=CCC21. The van der Waals surface area contributed by atoms with Crippen molar-refractivity contribution >= 4 is 12.2 Å². The molecule has 1 amide bonds. The zero-order valence-electron chi connectivity index (χ0n) is 7.90. The molecule has 2 unspecified atom stereocenters. The van der Waals surface area contributed by atoms with Gasteiger partial charge in [-0.3, -0.25) is 4.79 Å². The molecule has 2 aliphatic rings. The summed E-state index contributed by atoms with van der Waals surface area (Å²) in [7, 11) is 0. The number of rotatable bonds is 2. The maximum atomic E-state index is 11.5. The smallest absolute Gasteiger partial charge is 0.247 e. The van der Waals surface area contributed by atoms with Crippen LogP contribution in [0.25, 0.3) is 0 Å². The normalized spacial score (nSPS) is 30.3. The zero-order chi connectivity index (χ0) is 9.97. The molecule has 3 nitrogen and oxygen atoms in total. The van der Waals surface area contributed by atoms with Gasteiger partial charge < -0.3 is 10.1 Å². The fraction of sp³-hybridized carbons (Fsp3) is 0.455. The lowest BCUT2D eigenvalue weighted by molar-refractivity contribution is -0.120. The van der Waals surface area contributed by atoms with E-state index in [1.807, 2.05) is 12.2 Å². The van der Waals surface area contributed by atoms with E-state index >= 15 is 0 Å². The molecule has 3 heteroatoms. The van der Waals surface area contributed by atoms with Gasteiger partial charge in [-0.1, -0.05) is 18.2 Å². The van der Waals surface area contributed by atoms with Gasteiger partial charge in [0.2, 0.25) is 5.91 Å². The highest BCUT2D eigenvalue weighted by molar-refractivity contribution is 5.95. The van der Waals surface area contributed by atoms with Crippen molar-refractivity contribution < 1.29 is 9.59 Å². The summed E-state index contributed by atoms with van der Waals surface area (Å²) in [4.78, 5) is 22.0. The molecule has 1 aliphatic carbocycles. The number of carbonyl (C=O) groups is 2. The van der Waals surface area contributed by atoms with Gasteiger partial charge in [0, 0.05) is 18.5 Å². The fourth-order valence-electron chi connectivity index (χ4n) is 2.18. The summed E-state index contributed by atoms with van der Waals surface area (Å²) in [5.74, 6) is 0.557. The monoisotopic (exact) mass is 191 g/mol. The van der Waals surface area contributed by atoms with Crippen LogP contribution in [0.15, 0.2) is 23.8 Å². The first kappa shape index (κ1) is 9.19. The van der Waals surface area contributed by atoms with Gasteiger partial charge in [-0.2, -0.15) is 0 Å². The Labute approximate surface area is 82.9 Å². The van der Waals surface area contributed by atoms with E-state index in [1.165, 1.54) is 0 Å². The third-order valence-corrected chi connectivity index (χ3v) is 2.96. The summed E-state index contributed by atoms with van der Waals surface area (Å²) in [6.07, 6.45) is 8.20. The first-order chi connectivity index (χ1) is 6.83. The number of hydrogen-bond donors (Lipinski definition) is 1. The highest BCUT2D eigenvalue weighted by atomic mass is 16.1. The van der Waals surface area contributed by atoms with Gasteiger partial charge in [-0.25, -0.2) is 0 Å². The predicted octanol–water partition coefficient (Wildman–Crippen LogP) is 0.824. The number of hydrogen-bond acceptors (Lipinski definition) is 2. The Bertz CT molecular complexity index is 317. The van der Waals surface area contributed by atoms with Crippen LogP contribution in [0.4, 0.5) is 0 Å². The van der Waals surface area contributed by atoms with Gasteiger partial charge in [-0.15, -0.1) is 0 Å². The highest BCUT2D eigenvalue weighted by Gasteiger charge is 2.33. The van der Waals surface area contributed by atoms with Gasteiger partial charge in [0.15, 0.2) is 0 Å². The first-order valence-electron chi connectivity index (χ1n) is 4.91. The van der Waals surface area contributed by atoms with Gasteiger partial charge in [-0.05, 0) is 18.3 Å². The van der Waals surface area contributed by atoms with E-state index in [0.29, 0.717) is 13.0 Å². The molecule has 1 saturated heterocycles. The maximum absolute atomic E-state index is 11.5. The average Bonchev–Trinajstić information content (AvgIpc) is 2.23. The molecule has 2 atom stereocenters. The van der Waals surface area contributed by atoms with Crippen molar-refractivity contribution in [3.8, 4) is 0 Å². The van der Waals surface area contributed by atoms with Crippen molar-refractivity contribution in [1.29, 1.82) is 0 Å². The number of nitrogens with one attached hydrogen (secondary N) is 1. The fourth-order valence-corrected chi connectivity index (χ4v) is 2.18. The van der Waals surface area contributed by atoms with Crippen LogP contribution in [-0.4, -0.2) is 18.7 Å². The lowest BCUT2D eigenvalue weighted by atomic mass is 9.77. The molecule has 1 heterocycles. The minimum Gasteiger partial charge on any atom is -0.352 e. The van der Waals surface area contributed by atoms with Crippen LogP contribution in [0.5, 0.6) is 0 Å². The van der Waals surface area contributed by atoms with Crippen molar-refractivity contribution in [2.45, 2.75) is 12.8 Å². The van der Waals surface area contributed by atoms with Gasteiger partial charge >= 0.3 is 0 Å². The molecule has 2 rings (SSSR count). The minimum atomic E-state index is 0.0292. The molecule has 0 bridgehead atoms. The Morgan fingerprint density at radius 3 is 3.21 bits per heavy atom. The van der Waals surface area contributed by atoms with E-state index in [9.17, 15) is 9.59 Å². The van der Waals surface area contributed by atoms with Gasteiger partial charge in [0.25, 0.3) is 0 Å². The van der Waals surface area contributed by atoms with E-state index in [2.05, 4.69) is 11.4 Å². The third-order valence-electron chi connectivity index (χ3n) is 2.96. The van der Waals surface area contributed by atoms with Crippen molar-refractivity contribution in [1.82, 2.24) is 5.32 Å². The van der Waals surface area contributed by atoms with Crippen LogP contribution in [0.3, 0.4) is 0 Å². The molecular formula is C11H13NO2. The second kappa shape index (κ2) is 3.78. The molecule has 1 aliphatic heterocycles. The van der Waals surface area contributed by atoms with E-state index in [-0.39, 0.29) is 17.7 Å². The van der Waals surface area contributed by atoms with Crippen LogP contribution >= 0.6 is 0 Å². The first-order valence-corrected chi connectivity index (χ1v) is 4.91. The molecule has 0 saturated carbocycles. The number of amides is 1. The summed E-state index contributed by atoms with van der Waals surface area (Å²) in [6.45, 7) is 0.632. The highest BCUT2D eigenvalue weighted by Crippen LogP contribution is 2.32. The average molecular weight is 191 g/mol. The van der Waals surface area contributed by atoms with E-state index in [1.54, 1.807) is 0 Å². The number of allylic oxidation sites excluding steroid dienone is 3. The minimum absolute atomic E-state index is 0.0292. The summed E-state index contributed by atoms with van der Waals surface area (Å²) in [6, 6.07) is 0. The predicted molar refractivity (Wildman–Crippen MR) is 52.5 cm³/mol. The van der Waals surface area contributed by atoms with Crippen LogP contribution in [0, 0.1) is 11.8 Å². The number of carbonyl (C=O) groups excluding carboxylic acids is 2. The molecule has 0 radical (unpaired) electrons. The Morgan fingerprint density at radius 1 is 1.57 bits per heavy atom. The van der Waals surface area contributed by atoms with Crippen molar-refractivity contribution in [3.63, 3.8) is 0 Å². The molecule has 0 aromatic rings. The Kier molecular flexibility index (Phi) is 2.48. The standard InChI is InChI=1S/C11H13NO2/c13-6-5-8-7-12-11(14)10-4-2-1-3-9(8)10/h1-2,4,6,8-9H,3,5,7H2,(H,12,14). The Hall–Kier alpha value is -1.38. The van der Waals surface area contributed by atoms with Crippen LogP contribution in [-0.2, 0) is 9.59 Å². The van der Waals surface area contributed by atoms with Crippen LogP contribution in [0.1, 0.15) is 12.8 Å². The molecule has 14 heavy (non-hydrogen) atoms. The maximum Gasteiger partial charge on any atom is 0.247 e. The molecule has 0 spiro atoms.